The van der Waals surface area contributed by atoms with Crippen molar-refractivity contribution in [3.8, 4) is 0 Å². The molecule has 3 nitrogen and oxygen atoms in total. The molecule has 88 valence electrons. The van der Waals surface area contributed by atoms with E-state index in [-0.39, 0.29) is 17.6 Å². The van der Waals surface area contributed by atoms with Crippen molar-refractivity contribution in [2.24, 2.45) is 5.92 Å². The van der Waals surface area contributed by atoms with Gasteiger partial charge in [0.2, 0.25) is 0 Å². The van der Waals surface area contributed by atoms with E-state index in [0.29, 0.717) is 5.92 Å². The molecule has 1 rings (SSSR count). The quantitative estimate of drug-likeness (QED) is 0.730. The highest BCUT2D eigenvalue weighted by Gasteiger charge is 2.32. The highest BCUT2D eigenvalue weighted by molar-refractivity contribution is 5.76. The molecule has 0 amide bonds. The van der Waals surface area contributed by atoms with Crippen LogP contribution in [0.15, 0.2) is 0 Å². The van der Waals surface area contributed by atoms with E-state index in [0.717, 1.165) is 12.8 Å². The third-order valence-corrected chi connectivity index (χ3v) is 2.84. The van der Waals surface area contributed by atoms with Crippen LogP contribution < -0.4 is 5.32 Å². The Kier molecular flexibility index (Phi) is 4.14. The number of esters is 1. The third-order valence-electron chi connectivity index (χ3n) is 2.84. The van der Waals surface area contributed by atoms with Crippen molar-refractivity contribution < 1.29 is 9.53 Å². The summed E-state index contributed by atoms with van der Waals surface area (Å²) < 4.78 is 5.40. The zero-order chi connectivity index (χ0) is 11.5. The molecule has 0 heterocycles. The maximum Gasteiger partial charge on any atom is 0.323 e. The van der Waals surface area contributed by atoms with E-state index in [2.05, 4.69) is 5.32 Å². The van der Waals surface area contributed by atoms with E-state index in [1.54, 1.807) is 0 Å². The van der Waals surface area contributed by atoms with Crippen LogP contribution in [0.4, 0.5) is 0 Å². The molecule has 0 aliphatic heterocycles. The number of carbonyl (C=O) groups is 1. The minimum absolute atomic E-state index is 0.100. The van der Waals surface area contributed by atoms with Gasteiger partial charge in [-0.2, -0.15) is 0 Å². The average molecular weight is 213 g/mol. The molecule has 15 heavy (non-hydrogen) atoms. The SMILES string of the molecule is CN[C@H](C(=O)OC(C)(C)C)C1CCCC1. The Morgan fingerprint density at radius 3 is 2.27 bits per heavy atom. The summed E-state index contributed by atoms with van der Waals surface area (Å²) in [6.45, 7) is 5.73. The molecule has 1 fully saturated rings. The topological polar surface area (TPSA) is 38.3 Å². The van der Waals surface area contributed by atoms with Crippen LogP contribution >= 0.6 is 0 Å². The van der Waals surface area contributed by atoms with Crippen molar-refractivity contribution in [3.63, 3.8) is 0 Å². The maximum atomic E-state index is 11.9. The summed E-state index contributed by atoms with van der Waals surface area (Å²) in [6, 6.07) is -0.119. The van der Waals surface area contributed by atoms with Gasteiger partial charge in [-0.3, -0.25) is 4.79 Å². The van der Waals surface area contributed by atoms with E-state index in [9.17, 15) is 4.79 Å². The summed E-state index contributed by atoms with van der Waals surface area (Å²) in [6.07, 6.45) is 4.77. The minimum atomic E-state index is -0.384. The van der Waals surface area contributed by atoms with Crippen LogP contribution in [0.5, 0.6) is 0 Å². The molecule has 0 aromatic carbocycles. The lowest BCUT2D eigenvalue weighted by atomic mass is 9.98. The lowest BCUT2D eigenvalue weighted by molar-refractivity contribution is -0.158. The Morgan fingerprint density at radius 1 is 1.33 bits per heavy atom. The summed E-state index contributed by atoms with van der Waals surface area (Å²) in [5, 5.41) is 3.09. The molecule has 0 radical (unpaired) electrons. The molecule has 0 bridgehead atoms. The molecule has 1 atom stereocenters. The number of rotatable bonds is 3. The van der Waals surface area contributed by atoms with Crippen LogP contribution in [0, 0.1) is 5.92 Å². The summed E-state index contributed by atoms with van der Waals surface area (Å²) in [7, 11) is 1.84. The van der Waals surface area contributed by atoms with Crippen LogP contribution in [-0.4, -0.2) is 24.7 Å². The highest BCUT2D eigenvalue weighted by atomic mass is 16.6. The first-order chi connectivity index (χ1) is 6.94. The molecule has 0 aromatic heterocycles. The smallest absolute Gasteiger partial charge is 0.323 e. The number of carbonyl (C=O) groups excluding carboxylic acids is 1. The normalized spacial score (nSPS) is 20.3. The lowest BCUT2D eigenvalue weighted by Crippen LogP contribution is -2.43. The molecule has 0 unspecified atom stereocenters. The van der Waals surface area contributed by atoms with Crippen LogP contribution in [0.1, 0.15) is 46.5 Å². The Hall–Kier alpha value is -0.570. The van der Waals surface area contributed by atoms with Crippen molar-refractivity contribution in [1.29, 1.82) is 0 Å². The molecule has 3 heteroatoms. The molecule has 1 aliphatic carbocycles. The fraction of sp³-hybridized carbons (Fsp3) is 0.917. The summed E-state index contributed by atoms with van der Waals surface area (Å²) in [5.41, 5.74) is -0.384. The predicted molar refractivity (Wildman–Crippen MR) is 60.7 cm³/mol. The van der Waals surface area contributed by atoms with Gasteiger partial charge in [0.05, 0.1) is 0 Å². The Balaban J connectivity index is 2.53. The van der Waals surface area contributed by atoms with Gasteiger partial charge < -0.3 is 10.1 Å². The average Bonchev–Trinajstić information content (AvgIpc) is 2.54. The molecule has 0 aromatic rings. The molecule has 1 N–H and O–H groups in total. The highest BCUT2D eigenvalue weighted by Crippen LogP contribution is 2.28. The van der Waals surface area contributed by atoms with Gasteiger partial charge in [0.15, 0.2) is 0 Å². The molecule has 1 aliphatic rings. The van der Waals surface area contributed by atoms with Crippen LogP contribution in [-0.2, 0) is 9.53 Å². The first-order valence-corrected chi connectivity index (χ1v) is 5.84. The van der Waals surface area contributed by atoms with E-state index >= 15 is 0 Å². The second-order valence-electron chi connectivity index (χ2n) is 5.34. The van der Waals surface area contributed by atoms with Gasteiger partial charge in [0.1, 0.15) is 11.6 Å². The fourth-order valence-corrected chi connectivity index (χ4v) is 2.20. The number of nitrogens with one attached hydrogen (secondary N) is 1. The Bertz CT molecular complexity index is 214. The third kappa shape index (κ3) is 3.82. The lowest BCUT2D eigenvalue weighted by Gasteiger charge is -2.26. The van der Waals surface area contributed by atoms with Crippen molar-refractivity contribution in [2.75, 3.05) is 7.05 Å². The van der Waals surface area contributed by atoms with Gasteiger partial charge in [0, 0.05) is 0 Å². The monoisotopic (exact) mass is 213 g/mol. The first-order valence-electron chi connectivity index (χ1n) is 5.84. The Labute approximate surface area is 92.6 Å². The number of hydrogen-bond donors (Lipinski definition) is 1. The molecular formula is C12H23NO2. The fourth-order valence-electron chi connectivity index (χ4n) is 2.20. The largest absolute Gasteiger partial charge is 0.459 e. The van der Waals surface area contributed by atoms with E-state index in [4.69, 9.17) is 4.74 Å². The van der Waals surface area contributed by atoms with Gasteiger partial charge in [-0.1, -0.05) is 12.8 Å². The molecular weight excluding hydrogens is 190 g/mol. The second-order valence-corrected chi connectivity index (χ2v) is 5.34. The van der Waals surface area contributed by atoms with Crippen molar-refractivity contribution in [2.45, 2.75) is 58.1 Å². The van der Waals surface area contributed by atoms with Crippen molar-refractivity contribution in [3.05, 3.63) is 0 Å². The van der Waals surface area contributed by atoms with Crippen LogP contribution in [0.2, 0.25) is 0 Å². The van der Waals surface area contributed by atoms with Gasteiger partial charge in [-0.25, -0.2) is 0 Å². The minimum Gasteiger partial charge on any atom is -0.459 e. The summed E-state index contributed by atoms with van der Waals surface area (Å²) >= 11 is 0. The van der Waals surface area contributed by atoms with Crippen molar-refractivity contribution in [1.82, 2.24) is 5.32 Å². The zero-order valence-electron chi connectivity index (χ0n) is 10.3. The van der Waals surface area contributed by atoms with E-state index in [1.165, 1.54) is 12.8 Å². The van der Waals surface area contributed by atoms with Gasteiger partial charge in [0.25, 0.3) is 0 Å². The molecule has 0 spiro atoms. The van der Waals surface area contributed by atoms with Crippen molar-refractivity contribution >= 4 is 5.97 Å². The number of hydrogen-bond acceptors (Lipinski definition) is 3. The maximum absolute atomic E-state index is 11.9. The Morgan fingerprint density at radius 2 is 1.87 bits per heavy atom. The first kappa shape index (κ1) is 12.5. The molecule has 1 saturated carbocycles. The van der Waals surface area contributed by atoms with E-state index < -0.39 is 0 Å². The second kappa shape index (κ2) is 4.97. The van der Waals surface area contributed by atoms with Gasteiger partial charge >= 0.3 is 5.97 Å². The summed E-state index contributed by atoms with van der Waals surface area (Å²) in [4.78, 5) is 11.9. The van der Waals surface area contributed by atoms with Gasteiger partial charge in [-0.15, -0.1) is 0 Å². The number of likely N-dealkylation sites (N-methyl/N-ethyl adjacent to an activating group) is 1. The van der Waals surface area contributed by atoms with E-state index in [1.807, 2.05) is 27.8 Å². The summed E-state index contributed by atoms with van der Waals surface area (Å²) in [5.74, 6) is 0.363. The number of ether oxygens (including phenoxy) is 1. The standard InChI is InChI=1S/C12H23NO2/c1-12(2,3)15-11(14)10(13-4)9-7-5-6-8-9/h9-10,13H,5-8H2,1-4H3/t10-/m0/s1. The van der Waals surface area contributed by atoms with Gasteiger partial charge in [-0.05, 0) is 46.6 Å². The predicted octanol–water partition coefficient (Wildman–Crippen LogP) is 2.11. The van der Waals surface area contributed by atoms with Crippen LogP contribution in [0.25, 0.3) is 0 Å². The molecule has 0 saturated heterocycles. The zero-order valence-corrected chi connectivity index (χ0v) is 10.3. The van der Waals surface area contributed by atoms with Crippen LogP contribution in [0.3, 0.4) is 0 Å².